The summed E-state index contributed by atoms with van der Waals surface area (Å²) >= 11 is 0. The van der Waals surface area contributed by atoms with Crippen LogP contribution in [0.4, 0.5) is 4.39 Å². The van der Waals surface area contributed by atoms with E-state index in [0.29, 0.717) is 5.56 Å². The molecule has 1 aliphatic heterocycles. The maximum atomic E-state index is 13.7. The summed E-state index contributed by atoms with van der Waals surface area (Å²) in [6, 6.07) is 10.1. The number of carbonyl (C=O) groups is 1. The second-order valence-electron chi connectivity index (χ2n) is 5.53. The number of aliphatic imine (C=N–C) groups is 1. The van der Waals surface area contributed by atoms with Gasteiger partial charge in [-0.1, -0.05) is 12.1 Å². The fourth-order valence-corrected chi connectivity index (χ4v) is 2.34. The van der Waals surface area contributed by atoms with Gasteiger partial charge in [0.1, 0.15) is 0 Å². The minimum Gasteiger partial charge on any atom is -0.494 e. The summed E-state index contributed by atoms with van der Waals surface area (Å²) in [5.41, 5.74) is 3.60. The lowest BCUT2D eigenvalue weighted by molar-refractivity contribution is -0.129. The number of hydrogen-bond donors (Lipinski definition) is 0. The highest BCUT2D eigenvalue weighted by atomic mass is 19.1. The first-order chi connectivity index (χ1) is 11.5. The van der Waals surface area contributed by atoms with Crippen LogP contribution in [0, 0.1) is 19.7 Å². The van der Waals surface area contributed by atoms with Crippen LogP contribution in [0.5, 0.6) is 5.75 Å². The van der Waals surface area contributed by atoms with E-state index in [2.05, 4.69) is 4.99 Å². The van der Waals surface area contributed by atoms with E-state index >= 15 is 0 Å². The molecule has 122 valence electrons. The van der Waals surface area contributed by atoms with Crippen molar-refractivity contribution in [1.29, 1.82) is 0 Å². The van der Waals surface area contributed by atoms with Crippen molar-refractivity contribution in [3.63, 3.8) is 0 Å². The van der Waals surface area contributed by atoms with Crippen LogP contribution in [-0.2, 0) is 9.53 Å². The van der Waals surface area contributed by atoms with Crippen LogP contribution >= 0.6 is 0 Å². The van der Waals surface area contributed by atoms with Gasteiger partial charge in [-0.15, -0.1) is 0 Å². The Kier molecular flexibility index (Phi) is 4.16. The number of rotatable bonds is 3. The van der Waals surface area contributed by atoms with E-state index in [-0.39, 0.29) is 17.3 Å². The SMILES string of the molecule is COc1ccc(/C=C2/N=C(c3ccc(C)c(C)c3)OC2=O)cc1F. The highest BCUT2D eigenvalue weighted by Gasteiger charge is 2.24. The molecule has 2 aromatic carbocycles. The molecule has 3 rings (SSSR count). The summed E-state index contributed by atoms with van der Waals surface area (Å²) in [6.07, 6.45) is 1.49. The van der Waals surface area contributed by atoms with Crippen LogP contribution < -0.4 is 4.74 Å². The first-order valence-electron chi connectivity index (χ1n) is 7.41. The normalized spacial score (nSPS) is 15.4. The van der Waals surface area contributed by atoms with Crippen molar-refractivity contribution in [2.45, 2.75) is 13.8 Å². The van der Waals surface area contributed by atoms with Crippen LogP contribution in [0.1, 0.15) is 22.3 Å². The standard InChI is InChI=1S/C19H16FNO3/c1-11-4-6-14(8-12(11)2)18-21-16(19(22)24-18)10-13-5-7-17(23-3)15(20)9-13/h4-10H,1-3H3/b16-10+. The Morgan fingerprint density at radius 1 is 1.12 bits per heavy atom. The minimum atomic E-state index is -0.556. The molecular weight excluding hydrogens is 309 g/mol. The molecule has 4 nitrogen and oxygen atoms in total. The zero-order valence-corrected chi connectivity index (χ0v) is 13.6. The van der Waals surface area contributed by atoms with Gasteiger partial charge in [0.05, 0.1) is 7.11 Å². The monoisotopic (exact) mass is 325 g/mol. The Morgan fingerprint density at radius 2 is 1.92 bits per heavy atom. The van der Waals surface area contributed by atoms with Gasteiger partial charge in [0.15, 0.2) is 17.3 Å². The highest BCUT2D eigenvalue weighted by molar-refractivity contribution is 6.12. The highest BCUT2D eigenvalue weighted by Crippen LogP contribution is 2.23. The van der Waals surface area contributed by atoms with Crippen molar-refractivity contribution in [2.75, 3.05) is 7.11 Å². The molecule has 0 atom stereocenters. The van der Waals surface area contributed by atoms with E-state index in [1.807, 2.05) is 32.0 Å². The molecule has 24 heavy (non-hydrogen) atoms. The van der Waals surface area contributed by atoms with Gasteiger partial charge in [-0.25, -0.2) is 14.2 Å². The number of carbonyl (C=O) groups excluding carboxylic acids is 1. The van der Waals surface area contributed by atoms with Crippen LogP contribution in [0.2, 0.25) is 0 Å². The van der Waals surface area contributed by atoms with Crippen LogP contribution in [0.15, 0.2) is 47.1 Å². The van der Waals surface area contributed by atoms with Gasteiger partial charge in [-0.2, -0.15) is 0 Å². The number of methoxy groups -OCH3 is 1. The molecule has 1 heterocycles. The predicted octanol–water partition coefficient (Wildman–Crippen LogP) is 3.80. The number of nitrogens with zero attached hydrogens (tertiary/aromatic N) is 1. The predicted molar refractivity (Wildman–Crippen MR) is 89.5 cm³/mol. The molecule has 0 bridgehead atoms. The summed E-state index contributed by atoms with van der Waals surface area (Å²) < 4.78 is 23.8. The van der Waals surface area contributed by atoms with Crippen LogP contribution in [0.3, 0.4) is 0 Å². The molecule has 0 aromatic heterocycles. The molecular formula is C19H16FNO3. The summed E-state index contributed by atoms with van der Waals surface area (Å²) in [5.74, 6) is -0.662. The van der Waals surface area contributed by atoms with Crippen LogP contribution in [0.25, 0.3) is 6.08 Å². The molecule has 0 radical (unpaired) electrons. The molecule has 0 aliphatic carbocycles. The molecule has 0 unspecified atom stereocenters. The van der Waals surface area contributed by atoms with Crippen molar-refractivity contribution >= 4 is 17.9 Å². The van der Waals surface area contributed by atoms with Gasteiger partial charge < -0.3 is 9.47 Å². The lowest BCUT2D eigenvalue weighted by Crippen LogP contribution is -2.05. The third-order valence-corrected chi connectivity index (χ3v) is 3.85. The number of aryl methyl sites for hydroxylation is 2. The van der Waals surface area contributed by atoms with Crippen molar-refractivity contribution in [3.05, 3.63) is 70.2 Å². The number of benzene rings is 2. The Labute approximate surface area is 139 Å². The molecule has 0 saturated heterocycles. The molecule has 0 amide bonds. The Balaban J connectivity index is 1.93. The van der Waals surface area contributed by atoms with E-state index in [1.54, 1.807) is 6.07 Å². The largest absolute Gasteiger partial charge is 0.494 e. The maximum Gasteiger partial charge on any atom is 0.363 e. The van der Waals surface area contributed by atoms with Crippen molar-refractivity contribution in [1.82, 2.24) is 0 Å². The summed E-state index contributed by atoms with van der Waals surface area (Å²) in [7, 11) is 1.39. The molecule has 5 heteroatoms. The van der Waals surface area contributed by atoms with Crippen molar-refractivity contribution in [3.8, 4) is 5.75 Å². The van der Waals surface area contributed by atoms with E-state index in [0.717, 1.165) is 16.7 Å². The number of hydrogen-bond acceptors (Lipinski definition) is 4. The number of halogens is 1. The van der Waals surface area contributed by atoms with Crippen LogP contribution in [-0.4, -0.2) is 19.0 Å². The second kappa shape index (κ2) is 6.28. The molecule has 0 N–H and O–H groups in total. The third kappa shape index (κ3) is 3.06. The van der Waals surface area contributed by atoms with Gasteiger partial charge in [-0.05, 0) is 60.9 Å². The molecule has 0 fully saturated rings. The lowest BCUT2D eigenvalue weighted by Gasteiger charge is -2.03. The molecule has 0 spiro atoms. The van der Waals surface area contributed by atoms with Gasteiger partial charge in [0.25, 0.3) is 0 Å². The van der Waals surface area contributed by atoms with E-state index in [4.69, 9.17) is 9.47 Å². The van der Waals surface area contributed by atoms with E-state index < -0.39 is 11.8 Å². The topological polar surface area (TPSA) is 47.9 Å². The van der Waals surface area contributed by atoms with Gasteiger partial charge in [-0.3, -0.25) is 0 Å². The number of cyclic esters (lactones) is 1. The number of ether oxygens (including phenoxy) is 2. The minimum absolute atomic E-state index is 0.132. The first-order valence-corrected chi connectivity index (χ1v) is 7.41. The quantitative estimate of drug-likeness (QED) is 0.637. The number of esters is 1. The Hall–Kier alpha value is -2.95. The smallest absolute Gasteiger partial charge is 0.363 e. The summed E-state index contributed by atoms with van der Waals surface area (Å²) in [6.45, 7) is 3.98. The van der Waals surface area contributed by atoms with Gasteiger partial charge >= 0.3 is 5.97 Å². The Bertz CT molecular complexity index is 884. The zero-order chi connectivity index (χ0) is 17.3. The van der Waals surface area contributed by atoms with E-state index in [9.17, 15) is 9.18 Å². The van der Waals surface area contributed by atoms with Crippen molar-refractivity contribution in [2.24, 2.45) is 4.99 Å². The fourth-order valence-electron chi connectivity index (χ4n) is 2.34. The Morgan fingerprint density at radius 3 is 2.58 bits per heavy atom. The molecule has 2 aromatic rings. The fraction of sp³-hybridized carbons (Fsp3) is 0.158. The second-order valence-corrected chi connectivity index (χ2v) is 5.53. The van der Waals surface area contributed by atoms with Gasteiger partial charge in [0.2, 0.25) is 5.90 Å². The maximum absolute atomic E-state index is 13.7. The van der Waals surface area contributed by atoms with Crippen molar-refractivity contribution < 1.29 is 18.7 Å². The third-order valence-electron chi connectivity index (χ3n) is 3.85. The summed E-state index contributed by atoms with van der Waals surface area (Å²) in [5, 5.41) is 0. The average Bonchev–Trinajstić information content (AvgIpc) is 2.91. The first kappa shape index (κ1) is 15.9. The van der Waals surface area contributed by atoms with E-state index in [1.165, 1.54) is 25.3 Å². The molecule has 0 saturated carbocycles. The summed E-state index contributed by atoms with van der Waals surface area (Å²) in [4.78, 5) is 16.2. The zero-order valence-electron chi connectivity index (χ0n) is 13.6. The average molecular weight is 325 g/mol. The lowest BCUT2D eigenvalue weighted by atomic mass is 10.1. The molecule has 1 aliphatic rings. The van der Waals surface area contributed by atoms with Gasteiger partial charge in [0, 0.05) is 5.56 Å².